The highest BCUT2D eigenvalue weighted by molar-refractivity contribution is 5.33. The molecule has 70 valence electrons. The van der Waals surface area contributed by atoms with Crippen LogP contribution in [0.4, 0.5) is 0 Å². The van der Waals surface area contributed by atoms with Gasteiger partial charge in [-0.1, -0.05) is 38.1 Å². The summed E-state index contributed by atoms with van der Waals surface area (Å²) in [4.78, 5) is 0. The highest BCUT2D eigenvalue weighted by atomic mass is 16.6. The van der Waals surface area contributed by atoms with Crippen LogP contribution in [0.15, 0.2) is 24.3 Å². The quantitative estimate of drug-likeness (QED) is 0.715. The van der Waals surface area contributed by atoms with Crippen LogP contribution in [0.2, 0.25) is 0 Å². The average Bonchev–Trinajstić information content (AvgIpc) is 2.45. The summed E-state index contributed by atoms with van der Waals surface area (Å²) in [5.74, 6) is 0.401. The molecule has 2 nitrogen and oxygen atoms in total. The fourth-order valence-corrected chi connectivity index (χ4v) is 1.80. The zero-order chi connectivity index (χ0) is 9.42. The van der Waals surface area contributed by atoms with Crippen molar-refractivity contribution < 1.29 is 9.84 Å². The number of rotatable bonds is 1. The molecule has 1 heterocycles. The van der Waals surface area contributed by atoms with Crippen molar-refractivity contribution in [3.63, 3.8) is 0 Å². The molecule has 0 bridgehead atoms. The fraction of sp³-hybridized carbons (Fsp3) is 0.455. The van der Waals surface area contributed by atoms with Crippen molar-refractivity contribution in [3.8, 4) is 0 Å². The van der Waals surface area contributed by atoms with E-state index in [1.165, 1.54) is 0 Å². The van der Waals surface area contributed by atoms with E-state index in [9.17, 15) is 5.11 Å². The average molecular weight is 178 g/mol. The van der Waals surface area contributed by atoms with Crippen molar-refractivity contribution in [1.82, 2.24) is 0 Å². The molecule has 0 saturated carbocycles. The van der Waals surface area contributed by atoms with E-state index in [2.05, 4.69) is 13.8 Å². The second-order valence-electron chi connectivity index (χ2n) is 3.78. The summed E-state index contributed by atoms with van der Waals surface area (Å²) < 4.78 is 5.45. The first-order valence-electron chi connectivity index (χ1n) is 4.62. The summed E-state index contributed by atoms with van der Waals surface area (Å²) in [5.41, 5.74) is 2.05. The minimum absolute atomic E-state index is 0.0474. The maximum Gasteiger partial charge on any atom is 0.182 e. The van der Waals surface area contributed by atoms with E-state index in [1.807, 2.05) is 24.3 Å². The van der Waals surface area contributed by atoms with E-state index in [-0.39, 0.29) is 6.10 Å². The minimum atomic E-state index is -0.733. The molecule has 2 atom stereocenters. The SMILES string of the molecule is CC(C)[C@@H]1OC(O)c2ccccc21. The van der Waals surface area contributed by atoms with E-state index < -0.39 is 6.29 Å². The smallest absolute Gasteiger partial charge is 0.182 e. The van der Waals surface area contributed by atoms with Crippen LogP contribution in [-0.2, 0) is 4.74 Å². The first-order chi connectivity index (χ1) is 6.20. The Morgan fingerprint density at radius 1 is 1.23 bits per heavy atom. The van der Waals surface area contributed by atoms with Crippen LogP contribution in [0.5, 0.6) is 0 Å². The van der Waals surface area contributed by atoms with Crippen LogP contribution in [0.25, 0.3) is 0 Å². The van der Waals surface area contributed by atoms with Gasteiger partial charge in [-0.25, -0.2) is 0 Å². The van der Waals surface area contributed by atoms with Gasteiger partial charge in [0.2, 0.25) is 0 Å². The zero-order valence-electron chi connectivity index (χ0n) is 7.90. The van der Waals surface area contributed by atoms with Crippen LogP contribution in [-0.4, -0.2) is 5.11 Å². The van der Waals surface area contributed by atoms with Gasteiger partial charge >= 0.3 is 0 Å². The summed E-state index contributed by atoms with van der Waals surface area (Å²) in [5, 5.41) is 9.58. The van der Waals surface area contributed by atoms with Gasteiger partial charge in [0.05, 0.1) is 6.10 Å². The molecule has 1 aliphatic rings. The predicted molar refractivity (Wildman–Crippen MR) is 50.1 cm³/mol. The van der Waals surface area contributed by atoms with Crippen LogP contribution in [0.1, 0.15) is 37.4 Å². The van der Waals surface area contributed by atoms with Crippen molar-refractivity contribution >= 4 is 0 Å². The molecule has 0 aliphatic carbocycles. The van der Waals surface area contributed by atoms with Gasteiger partial charge in [0.25, 0.3) is 0 Å². The standard InChI is InChI=1S/C11H14O2/c1-7(2)10-8-5-3-4-6-9(8)11(12)13-10/h3-7,10-12H,1-2H3/t10-,11?/m0/s1. The predicted octanol–water partition coefficient (Wildman–Crippen LogP) is 2.40. The molecule has 13 heavy (non-hydrogen) atoms. The summed E-state index contributed by atoms with van der Waals surface area (Å²) in [6, 6.07) is 7.85. The molecular formula is C11H14O2. The highest BCUT2D eigenvalue weighted by Gasteiger charge is 2.31. The fourth-order valence-electron chi connectivity index (χ4n) is 1.80. The van der Waals surface area contributed by atoms with Crippen LogP contribution in [0.3, 0.4) is 0 Å². The third-order valence-corrected chi connectivity index (χ3v) is 2.45. The largest absolute Gasteiger partial charge is 0.364 e. The minimum Gasteiger partial charge on any atom is -0.364 e. The summed E-state index contributed by atoms with van der Waals surface area (Å²) in [6.07, 6.45) is -0.685. The lowest BCUT2D eigenvalue weighted by atomic mass is 9.97. The summed E-state index contributed by atoms with van der Waals surface area (Å²) in [6.45, 7) is 4.19. The number of hydrogen-bond acceptors (Lipinski definition) is 2. The van der Waals surface area contributed by atoms with Crippen molar-refractivity contribution in [3.05, 3.63) is 35.4 Å². The van der Waals surface area contributed by atoms with Crippen molar-refractivity contribution in [1.29, 1.82) is 0 Å². The molecule has 0 spiro atoms. The molecule has 2 rings (SSSR count). The first-order valence-corrected chi connectivity index (χ1v) is 4.62. The molecule has 0 aromatic heterocycles. The second-order valence-corrected chi connectivity index (χ2v) is 3.78. The van der Waals surface area contributed by atoms with Gasteiger partial charge in [0.1, 0.15) is 0 Å². The van der Waals surface area contributed by atoms with Gasteiger partial charge in [-0.3, -0.25) is 0 Å². The van der Waals surface area contributed by atoms with E-state index in [1.54, 1.807) is 0 Å². The van der Waals surface area contributed by atoms with E-state index in [0.717, 1.165) is 11.1 Å². The van der Waals surface area contributed by atoms with Crippen molar-refractivity contribution in [2.45, 2.75) is 26.2 Å². The molecule has 2 heteroatoms. The summed E-state index contributed by atoms with van der Waals surface area (Å²) >= 11 is 0. The Morgan fingerprint density at radius 3 is 2.46 bits per heavy atom. The third kappa shape index (κ3) is 1.36. The normalized spacial score (nSPS) is 26.5. The number of aliphatic hydroxyl groups excluding tert-OH is 1. The number of fused-ring (bicyclic) bond motifs is 1. The van der Waals surface area contributed by atoms with Gasteiger partial charge in [-0.05, 0) is 11.5 Å². The van der Waals surface area contributed by atoms with Gasteiger partial charge in [0, 0.05) is 5.56 Å². The molecule has 0 radical (unpaired) electrons. The number of hydrogen-bond donors (Lipinski definition) is 1. The first kappa shape index (κ1) is 8.73. The van der Waals surface area contributed by atoms with Gasteiger partial charge in [-0.15, -0.1) is 0 Å². The molecule has 0 fully saturated rings. The molecule has 1 aliphatic heterocycles. The lowest BCUT2D eigenvalue weighted by Gasteiger charge is -2.15. The van der Waals surface area contributed by atoms with Gasteiger partial charge < -0.3 is 9.84 Å². The molecule has 0 amide bonds. The molecular weight excluding hydrogens is 164 g/mol. The molecule has 1 N–H and O–H groups in total. The highest BCUT2D eigenvalue weighted by Crippen LogP contribution is 2.40. The van der Waals surface area contributed by atoms with E-state index in [4.69, 9.17) is 4.74 Å². The van der Waals surface area contributed by atoms with Gasteiger partial charge in [-0.2, -0.15) is 0 Å². The molecule has 1 aromatic carbocycles. The Kier molecular flexibility index (Phi) is 2.10. The zero-order valence-corrected chi connectivity index (χ0v) is 7.90. The topological polar surface area (TPSA) is 29.5 Å². The number of benzene rings is 1. The second kappa shape index (κ2) is 3.13. The van der Waals surface area contributed by atoms with Gasteiger partial charge in [0.15, 0.2) is 6.29 Å². The van der Waals surface area contributed by atoms with Crippen molar-refractivity contribution in [2.24, 2.45) is 5.92 Å². The van der Waals surface area contributed by atoms with Crippen LogP contribution < -0.4 is 0 Å². The monoisotopic (exact) mass is 178 g/mol. The third-order valence-electron chi connectivity index (χ3n) is 2.45. The Labute approximate surface area is 78.2 Å². The maximum absolute atomic E-state index is 9.58. The van der Waals surface area contributed by atoms with Crippen LogP contribution in [0, 0.1) is 5.92 Å². The van der Waals surface area contributed by atoms with E-state index >= 15 is 0 Å². The maximum atomic E-state index is 9.58. The molecule has 0 saturated heterocycles. The van der Waals surface area contributed by atoms with Crippen molar-refractivity contribution in [2.75, 3.05) is 0 Å². The Bertz CT molecular complexity index is 307. The molecule has 1 aromatic rings. The lowest BCUT2D eigenvalue weighted by molar-refractivity contribution is -0.132. The Hall–Kier alpha value is -0.860. The summed E-state index contributed by atoms with van der Waals surface area (Å²) in [7, 11) is 0. The number of aliphatic hydroxyl groups is 1. The molecule has 1 unspecified atom stereocenters. The lowest BCUT2D eigenvalue weighted by Crippen LogP contribution is -2.05. The Balaban J connectivity index is 2.41. The van der Waals surface area contributed by atoms with E-state index in [0.29, 0.717) is 5.92 Å². The Morgan fingerprint density at radius 2 is 1.85 bits per heavy atom. The van der Waals surface area contributed by atoms with Crippen LogP contribution >= 0.6 is 0 Å². The number of ether oxygens (including phenoxy) is 1.